The molecule has 2 aromatic carbocycles. The number of carbonyl (C=O) groups excluding carboxylic acids is 2. The maximum atomic E-state index is 13.3. The van der Waals surface area contributed by atoms with Crippen LogP contribution in [0.2, 0.25) is 5.02 Å². The standard InChI is InChI=1S/C21H17ClN2O2S/c1-24-19(17-7-4-12-27-17)18(15-5-2-3-6-16(15)21(24)26)20(25)23-14-10-8-13(22)9-11-14/h2-12,18-19H,1H3,(H,23,25)/t18-,19+/m0/s1. The molecule has 0 radical (unpaired) electrons. The number of nitrogens with zero attached hydrogens (tertiary/aromatic N) is 1. The molecular weight excluding hydrogens is 380 g/mol. The Balaban J connectivity index is 1.78. The van der Waals surface area contributed by atoms with Gasteiger partial charge >= 0.3 is 0 Å². The third-order valence-electron chi connectivity index (χ3n) is 4.81. The average molecular weight is 397 g/mol. The fourth-order valence-corrected chi connectivity index (χ4v) is 4.56. The summed E-state index contributed by atoms with van der Waals surface area (Å²) in [5.74, 6) is -0.722. The van der Waals surface area contributed by atoms with Crippen LogP contribution < -0.4 is 5.32 Å². The van der Waals surface area contributed by atoms with Gasteiger partial charge in [0.2, 0.25) is 5.91 Å². The van der Waals surface area contributed by atoms with E-state index in [4.69, 9.17) is 11.6 Å². The van der Waals surface area contributed by atoms with Crippen LogP contribution in [0.3, 0.4) is 0 Å². The molecular formula is C21H17ClN2O2S. The minimum atomic E-state index is -0.502. The monoisotopic (exact) mass is 396 g/mol. The van der Waals surface area contributed by atoms with Gasteiger partial charge in [-0.15, -0.1) is 11.3 Å². The van der Waals surface area contributed by atoms with Crippen molar-refractivity contribution in [3.63, 3.8) is 0 Å². The van der Waals surface area contributed by atoms with E-state index >= 15 is 0 Å². The average Bonchev–Trinajstić information content (AvgIpc) is 3.20. The van der Waals surface area contributed by atoms with E-state index < -0.39 is 5.92 Å². The molecule has 6 heteroatoms. The number of hydrogen-bond acceptors (Lipinski definition) is 3. The number of halogens is 1. The van der Waals surface area contributed by atoms with Gasteiger partial charge < -0.3 is 10.2 Å². The van der Waals surface area contributed by atoms with Gasteiger partial charge in [0.25, 0.3) is 5.91 Å². The van der Waals surface area contributed by atoms with Crippen molar-refractivity contribution in [3.05, 3.63) is 87.1 Å². The Morgan fingerprint density at radius 3 is 2.52 bits per heavy atom. The molecule has 1 aromatic heterocycles. The Morgan fingerprint density at radius 1 is 1.07 bits per heavy atom. The molecule has 1 aliphatic heterocycles. The lowest BCUT2D eigenvalue weighted by atomic mass is 9.81. The van der Waals surface area contributed by atoms with E-state index in [1.165, 1.54) is 0 Å². The Labute approximate surface area is 166 Å². The van der Waals surface area contributed by atoms with Crippen molar-refractivity contribution in [1.29, 1.82) is 0 Å². The van der Waals surface area contributed by atoms with Gasteiger partial charge in [0, 0.05) is 28.2 Å². The summed E-state index contributed by atoms with van der Waals surface area (Å²) in [4.78, 5) is 28.8. The van der Waals surface area contributed by atoms with Crippen molar-refractivity contribution in [2.45, 2.75) is 12.0 Å². The number of likely N-dealkylation sites (N-methyl/N-ethyl adjacent to an activating group) is 1. The summed E-state index contributed by atoms with van der Waals surface area (Å²) in [5.41, 5.74) is 2.00. The summed E-state index contributed by atoms with van der Waals surface area (Å²) < 4.78 is 0. The highest BCUT2D eigenvalue weighted by Gasteiger charge is 2.43. The summed E-state index contributed by atoms with van der Waals surface area (Å²) in [5, 5.41) is 5.55. The smallest absolute Gasteiger partial charge is 0.254 e. The first-order chi connectivity index (χ1) is 13.1. The maximum absolute atomic E-state index is 13.3. The van der Waals surface area contributed by atoms with Crippen molar-refractivity contribution in [2.24, 2.45) is 0 Å². The molecule has 0 spiro atoms. The highest BCUT2D eigenvalue weighted by molar-refractivity contribution is 7.10. The Morgan fingerprint density at radius 2 is 1.81 bits per heavy atom. The molecule has 1 aliphatic rings. The molecule has 0 unspecified atom stereocenters. The molecule has 2 amide bonds. The lowest BCUT2D eigenvalue weighted by molar-refractivity contribution is -0.119. The molecule has 0 fully saturated rings. The highest BCUT2D eigenvalue weighted by Crippen LogP contribution is 2.43. The van der Waals surface area contributed by atoms with Gasteiger partial charge in [-0.3, -0.25) is 9.59 Å². The number of anilines is 1. The van der Waals surface area contributed by atoms with Crippen LogP contribution in [0.1, 0.15) is 32.8 Å². The fourth-order valence-electron chi connectivity index (χ4n) is 3.53. The van der Waals surface area contributed by atoms with E-state index in [-0.39, 0.29) is 17.9 Å². The third-order valence-corrected chi connectivity index (χ3v) is 6.00. The first-order valence-electron chi connectivity index (χ1n) is 8.52. The van der Waals surface area contributed by atoms with E-state index in [9.17, 15) is 9.59 Å². The van der Waals surface area contributed by atoms with E-state index in [1.807, 2.05) is 35.7 Å². The van der Waals surface area contributed by atoms with Crippen molar-refractivity contribution in [1.82, 2.24) is 4.90 Å². The van der Waals surface area contributed by atoms with E-state index in [1.54, 1.807) is 53.6 Å². The quantitative estimate of drug-likeness (QED) is 0.680. The van der Waals surface area contributed by atoms with Crippen LogP contribution in [0, 0.1) is 0 Å². The number of carbonyl (C=O) groups is 2. The molecule has 136 valence electrons. The predicted molar refractivity (Wildman–Crippen MR) is 108 cm³/mol. The van der Waals surface area contributed by atoms with Crippen molar-refractivity contribution < 1.29 is 9.59 Å². The van der Waals surface area contributed by atoms with Gasteiger partial charge in [0.15, 0.2) is 0 Å². The van der Waals surface area contributed by atoms with Crippen LogP contribution in [0.15, 0.2) is 66.0 Å². The molecule has 2 heterocycles. The van der Waals surface area contributed by atoms with E-state index in [0.29, 0.717) is 16.3 Å². The molecule has 0 bridgehead atoms. The van der Waals surface area contributed by atoms with Crippen LogP contribution in [-0.2, 0) is 4.79 Å². The summed E-state index contributed by atoms with van der Waals surface area (Å²) in [7, 11) is 1.76. The van der Waals surface area contributed by atoms with Crippen LogP contribution >= 0.6 is 22.9 Å². The number of fused-ring (bicyclic) bond motifs is 1. The van der Waals surface area contributed by atoms with Gasteiger partial charge in [-0.1, -0.05) is 35.9 Å². The van der Waals surface area contributed by atoms with E-state index in [0.717, 1.165) is 10.4 Å². The number of hydrogen-bond donors (Lipinski definition) is 1. The second-order valence-electron chi connectivity index (χ2n) is 6.44. The molecule has 4 rings (SSSR count). The van der Waals surface area contributed by atoms with E-state index in [2.05, 4.69) is 5.32 Å². The van der Waals surface area contributed by atoms with Crippen LogP contribution in [0.25, 0.3) is 0 Å². The summed E-state index contributed by atoms with van der Waals surface area (Å²) in [6.45, 7) is 0. The minimum Gasteiger partial charge on any atom is -0.333 e. The van der Waals surface area contributed by atoms with Crippen LogP contribution in [-0.4, -0.2) is 23.8 Å². The Kier molecular flexibility index (Phi) is 4.72. The lowest BCUT2D eigenvalue weighted by Crippen LogP contribution is -2.43. The van der Waals surface area contributed by atoms with Crippen LogP contribution in [0.4, 0.5) is 5.69 Å². The minimum absolute atomic E-state index is 0.0699. The molecule has 2 atom stereocenters. The van der Waals surface area contributed by atoms with Crippen LogP contribution in [0.5, 0.6) is 0 Å². The molecule has 4 nitrogen and oxygen atoms in total. The second-order valence-corrected chi connectivity index (χ2v) is 7.85. The van der Waals surface area contributed by atoms with Gasteiger partial charge in [-0.25, -0.2) is 0 Å². The molecule has 1 N–H and O–H groups in total. The zero-order chi connectivity index (χ0) is 19.0. The first-order valence-corrected chi connectivity index (χ1v) is 9.78. The third kappa shape index (κ3) is 3.24. The summed E-state index contributed by atoms with van der Waals surface area (Å²) in [6.07, 6.45) is 0. The zero-order valence-corrected chi connectivity index (χ0v) is 16.1. The molecule has 3 aromatic rings. The number of benzene rings is 2. The number of amides is 2. The summed E-state index contributed by atoms with van der Waals surface area (Å²) >= 11 is 7.48. The van der Waals surface area contributed by atoms with Crippen molar-refractivity contribution in [3.8, 4) is 0 Å². The first kappa shape index (κ1) is 17.8. The number of nitrogens with one attached hydrogen (secondary N) is 1. The van der Waals surface area contributed by atoms with Gasteiger partial charge in [0.1, 0.15) is 0 Å². The largest absolute Gasteiger partial charge is 0.333 e. The zero-order valence-electron chi connectivity index (χ0n) is 14.6. The SMILES string of the molecule is CN1C(=O)c2ccccc2[C@H](C(=O)Nc2ccc(Cl)cc2)[C@H]1c1cccs1. The molecule has 0 saturated heterocycles. The second kappa shape index (κ2) is 7.18. The van der Waals surface area contributed by atoms with Crippen molar-refractivity contribution >= 4 is 40.4 Å². The molecule has 27 heavy (non-hydrogen) atoms. The maximum Gasteiger partial charge on any atom is 0.254 e. The fraction of sp³-hybridized carbons (Fsp3) is 0.143. The Bertz CT molecular complexity index is 986. The Hall–Kier alpha value is -2.63. The highest BCUT2D eigenvalue weighted by atomic mass is 35.5. The van der Waals surface area contributed by atoms with Gasteiger partial charge in [-0.05, 0) is 47.3 Å². The van der Waals surface area contributed by atoms with Gasteiger partial charge in [0.05, 0.1) is 12.0 Å². The molecule has 0 saturated carbocycles. The molecule has 0 aliphatic carbocycles. The van der Waals surface area contributed by atoms with Crippen molar-refractivity contribution in [2.75, 3.05) is 12.4 Å². The van der Waals surface area contributed by atoms with Gasteiger partial charge in [-0.2, -0.15) is 0 Å². The topological polar surface area (TPSA) is 49.4 Å². The number of rotatable bonds is 3. The summed E-state index contributed by atoms with van der Waals surface area (Å²) in [6, 6.07) is 17.9. The normalized spacial score (nSPS) is 18.9. The number of thiophene rings is 1. The lowest BCUT2D eigenvalue weighted by Gasteiger charge is -2.39. The predicted octanol–water partition coefficient (Wildman–Crippen LogP) is 4.95.